The molecule has 4 amide bonds. The molecule has 0 saturated carbocycles. The molecule has 3 rings (SSSR count). The second kappa shape index (κ2) is 15.6. The number of nitrogens with one attached hydrogen (secondary N) is 1. The van der Waals surface area contributed by atoms with Gasteiger partial charge in [0.05, 0.1) is 0 Å². The molecule has 0 radical (unpaired) electrons. The number of aryl methyl sites for hydroxylation is 1. The van der Waals surface area contributed by atoms with Gasteiger partial charge in [-0.05, 0) is 62.4 Å². The average Bonchev–Trinajstić information content (AvgIpc) is 2.99. The second-order valence-electron chi connectivity index (χ2n) is 10.8. The molecule has 0 spiro atoms. The van der Waals surface area contributed by atoms with E-state index < -0.39 is 24.0 Å². The first kappa shape index (κ1) is 32.9. The van der Waals surface area contributed by atoms with Gasteiger partial charge < -0.3 is 35.4 Å². The van der Waals surface area contributed by atoms with Crippen molar-refractivity contribution in [1.82, 2.24) is 15.1 Å². The maximum atomic E-state index is 12.6. The van der Waals surface area contributed by atoms with Crippen molar-refractivity contribution in [2.24, 2.45) is 11.7 Å². The molecule has 0 aromatic heterocycles. The SMILES string of the molecule is Cc1ccccc1OCC(=O)N(C)[C@@H](C)CCC(=O)N[C@@H](Cc1ccc(OC(=O)N2CCC(C(N)=O)CC2)cc1)C(=O)O. The standard InChI is InChI=1S/C31H40N4O8/c1-20-6-4-5-7-26(20)42-19-28(37)34(3)21(2)8-13-27(36)33-25(30(39)40)18-22-9-11-24(12-10-22)43-31(41)35-16-14-23(15-17-35)29(32)38/h4-7,9-12,21,23,25H,8,13-19H2,1-3H3,(H2,32,38)(H,33,36)(H,39,40)/t21-,25-/m0/s1. The number of primary amides is 1. The number of carboxylic acid groups (broad SMARTS) is 1. The highest BCUT2D eigenvalue weighted by atomic mass is 16.6. The van der Waals surface area contributed by atoms with E-state index in [9.17, 15) is 29.1 Å². The topological polar surface area (TPSA) is 169 Å². The number of aliphatic carboxylic acids is 1. The first-order valence-corrected chi connectivity index (χ1v) is 14.3. The number of nitrogens with zero attached hydrogens (tertiary/aromatic N) is 2. The molecule has 0 aliphatic carbocycles. The van der Waals surface area contributed by atoms with Gasteiger partial charge in [0, 0.05) is 44.9 Å². The Balaban J connectivity index is 1.43. The number of carbonyl (C=O) groups excluding carboxylic acids is 4. The Labute approximate surface area is 251 Å². The van der Waals surface area contributed by atoms with Gasteiger partial charge >= 0.3 is 12.1 Å². The van der Waals surface area contributed by atoms with Crippen LogP contribution in [0.2, 0.25) is 0 Å². The predicted octanol–water partition coefficient (Wildman–Crippen LogP) is 2.51. The van der Waals surface area contributed by atoms with Crippen molar-refractivity contribution in [1.29, 1.82) is 0 Å². The smallest absolute Gasteiger partial charge is 0.415 e. The molecule has 2 aromatic rings. The number of carboxylic acids is 1. The Morgan fingerprint density at radius 2 is 1.72 bits per heavy atom. The van der Waals surface area contributed by atoms with Crippen molar-refractivity contribution in [2.75, 3.05) is 26.7 Å². The Hall–Kier alpha value is -4.61. The number of likely N-dealkylation sites (N-methyl/N-ethyl adjacent to an activating group) is 1. The first-order valence-electron chi connectivity index (χ1n) is 14.3. The lowest BCUT2D eigenvalue weighted by molar-refractivity contribution is -0.141. The number of para-hydroxylation sites is 1. The lowest BCUT2D eigenvalue weighted by atomic mass is 9.97. The first-order chi connectivity index (χ1) is 20.4. The maximum absolute atomic E-state index is 12.6. The lowest BCUT2D eigenvalue weighted by Crippen LogP contribution is -2.43. The van der Waals surface area contributed by atoms with Gasteiger partial charge in [-0.1, -0.05) is 30.3 Å². The molecule has 0 unspecified atom stereocenters. The molecule has 12 heteroatoms. The summed E-state index contributed by atoms with van der Waals surface area (Å²) in [5, 5.41) is 12.2. The fourth-order valence-electron chi connectivity index (χ4n) is 4.65. The van der Waals surface area contributed by atoms with Gasteiger partial charge in [0.2, 0.25) is 11.8 Å². The minimum atomic E-state index is -1.18. The monoisotopic (exact) mass is 596 g/mol. The van der Waals surface area contributed by atoms with Crippen molar-refractivity contribution in [3.05, 3.63) is 59.7 Å². The zero-order chi connectivity index (χ0) is 31.5. The van der Waals surface area contributed by atoms with Crippen LogP contribution in [0.25, 0.3) is 0 Å². The van der Waals surface area contributed by atoms with E-state index in [0.717, 1.165) is 5.56 Å². The normalized spacial score (nSPS) is 14.7. The molecule has 2 aromatic carbocycles. The fourth-order valence-corrected chi connectivity index (χ4v) is 4.65. The van der Waals surface area contributed by atoms with E-state index in [1.807, 2.05) is 32.0 Å². The summed E-state index contributed by atoms with van der Waals surface area (Å²) in [4.78, 5) is 63.8. The maximum Gasteiger partial charge on any atom is 0.415 e. The van der Waals surface area contributed by atoms with Crippen LogP contribution in [0, 0.1) is 12.8 Å². The number of hydrogen-bond donors (Lipinski definition) is 3. The van der Waals surface area contributed by atoms with Gasteiger partial charge in [0.15, 0.2) is 6.61 Å². The molecule has 1 aliphatic heterocycles. The summed E-state index contributed by atoms with van der Waals surface area (Å²) in [6.07, 6.45) is 0.843. The number of hydrogen-bond acceptors (Lipinski definition) is 7. The highest BCUT2D eigenvalue weighted by Gasteiger charge is 2.27. The molecule has 1 saturated heterocycles. The van der Waals surface area contributed by atoms with Crippen molar-refractivity contribution >= 4 is 29.8 Å². The summed E-state index contributed by atoms with van der Waals surface area (Å²) >= 11 is 0. The van der Waals surface area contributed by atoms with E-state index in [1.54, 1.807) is 37.4 Å². The molecule has 2 atom stereocenters. The zero-order valence-electron chi connectivity index (χ0n) is 24.8. The largest absolute Gasteiger partial charge is 0.484 e. The number of piperidine rings is 1. The van der Waals surface area contributed by atoms with Gasteiger partial charge in [0.1, 0.15) is 17.5 Å². The third kappa shape index (κ3) is 10.0. The zero-order valence-corrected chi connectivity index (χ0v) is 24.8. The molecular formula is C31H40N4O8. The third-order valence-corrected chi connectivity index (χ3v) is 7.65. The van der Waals surface area contributed by atoms with Gasteiger partial charge in [0.25, 0.3) is 5.91 Å². The molecule has 232 valence electrons. The molecular weight excluding hydrogens is 556 g/mol. The van der Waals surface area contributed by atoms with E-state index in [-0.39, 0.29) is 43.2 Å². The number of likely N-dealkylation sites (tertiary alicyclic amines) is 1. The number of nitrogens with two attached hydrogens (primary N) is 1. The Bertz CT molecular complexity index is 1290. The fraction of sp³-hybridized carbons (Fsp3) is 0.452. The van der Waals surface area contributed by atoms with E-state index in [2.05, 4.69) is 5.32 Å². The molecule has 1 fully saturated rings. The van der Waals surface area contributed by atoms with Crippen molar-refractivity contribution in [3.63, 3.8) is 0 Å². The Morgan fingerprint density at radius 3 is 2.33 bits per heavy atom. The predicted molar refractivity (Wildman–Crippen MR) is 157 cm³/mol. The highest BCUT2D eigenvalue weighted by molar-refractivity contribution is 5.84. The Morgan fingerprint density at radius 1 is 1.07 bits per heavy atom. The summed E-state index contributed by atoms with van der Waals surface area (Å²) in [6, 6.07) is 12.3. The number of rotatable bonds is 13. The van der Waals surface area contributed by atoms with Crippen LogP contribution in [0.4, 0.5) is 4.79 Å². The number of amides is 4. The minimum Gasteiger partial charge on any atom is -0.484 e. The van der Waals surface area contributed by atoms with Crippen LogP contribution in [0.1, 0.15) is 43.7 Å². The summed E-state index contributed by atoms with van der Waals surface area (Å²) < 4.78 is 11.0. The van der Waals surface area contributed by atoms with Gasteiger partial charge in [-0.2, -0.15) is 0 Å². The van der Waals surface area contributed by atoms with Crippen LogP contribution in [-0.4, -0.2) is 83.5 Å². The summed E-state index contributed by atoms with van der Waals surface area (Å²) in [7, 11) is 1.64. The van der Waals surface area contributed by atoms with E-state index >= 15 is 0 Å². The number of carbonyl (C=O) groups is 5. The molecule has 43 heavy (non-hydrogen) atoms. The van der Waals surface area contributed by atoms with Gasteiger partial charge in [-0.25, -0.2) is 9.59 Å². The van der Waals surface area contributed by atoms with Crippen molar-refractivity contribution < 1.29 is 38.6 Å². The molecule has 4 N–H and O–H groups in total. The van der Waals surface area contributed by atoms with Crippen molar-refractivity contribution in [3.8, 4) is 11.5 Å². The van der Waals surface area contributed by atoms with Gasteiger partial charge in [-0.15, -0.1) is 0 Å². The number of ether oxygens (including phenoxy) is 2. The van der Waals surface area contributed by atoms with Crippen LogP contribution < -0.4 is 20.5 Å². The van der Waals surface area contributed by atoms with E-state index in [4.69, 9.17) is 15.2 Å². The Kier molecular flexibility index (Phi) is 11.9. The average molecular weight is 597 g/mol. The van der Waals surface area contributed by atoms with Crippen LogP contribution in [-0.2, 0) is 25.6 Å². The third-order valence-electron chi connectivity index (χ3n) is 7.65. The molecule has 1 aliphatic rings. The second-order valence-corrected chi connectivity index (χ2v) is 10.8. The van der Waals surface area contributed by atoms with Crippen molar-refractivity contribution in [2.45, 2.75) is 58.0 Å². The summed E-state index contributed by atoms with van der Waals surface area (Å²) in [6.45, 7) is 4.32. The quantitative estimate of drug-likeness (QED) is 0.317. The van der Waals surface area contributed by atoms with Crippen LogP contribution in [0.15, 0.2) is 48.5 Å². The minimum absolute atomic E-state index is 0.0279. The lowest BCUT2D eigenvalue weighted by Gasteiger charge is -2.29. The van der Waals surface area contributed by atoms with E-state index in [1.165, 1.54) is 9.80 Å². The van der Waals surface area contributed by atoms with Crippen LogP contribution in [0.5, 0.6) is 11.5 Å². The summed E-state index contributed by atoms with van der Waals surface area (Å²) in [5.74, 6) is -1.55. The van der Waals surface area contributed by atoms with Crippen LogP contribution >= 0.6 is 0 Å². The van der Waals surface area contributed by atoms with Crippen LogP contribution in [0.3, 0.4) is 0 Å². The molecule has 0 bridgehead atoms. The van der Waals surface area contributed by atoms with E-state index in [0.29, 0.717) is 49.4 Å². The van der Waals surface area contributed by atoms with Gasteiger partial charge in [-0.3, -0.25) is 14.4 Å². The molecule has 1 heterocycles. The highest BCUT2D eigenvalue weighted by Crippen LogP contribution is 2.20. The summed E-state index contributed by atoms with van der Waals surface area (Å²) in [5.41, 5.74) is 6.88. The molecule has 12 nitrogen and oxygen atoms in total. The number of benzene rings is 2.